The van der Waals surface area contributed by atoms with Gasteiger partial charge in [0.15, 0.2) is 0 Å². The lowest BCUT2D eigenvalue weighted by molar-refractivity contribution is 0.0285. The smallest absolute Gasteiger partial charge is 0.410 e. The van der Waals surface area contributed by atoms with Crippen LogP contribution in [0.3, 0.4) is 0 Å². The van der Waals surface area contributed by atoms with E-state index in [0.29, 0.717) is 12.6 Å². The van der Waals surface area contributed by atoms with Crippen molar-refractivity contribution in [3.05, 3.63) is 29.8 Å². The SMILES string of the molecule is CN(Cc1ccccc1NC1CNC1)C(=O)OC(C)(C)C. The molecule has 1 aromatic carbocycles. The third-order valence-electron chi connectivity index (χ3n) is 3.27. The minimum atomic E-state index is -0.472. The van der Waals surface area contributed by atoms with Crippen molar-refractivity contribution in [2.45, 2.75) is 39.0 Å². The molecule has 0 aliphatic carbocycles. The molecule has 5 nitrogen and oxygen atoms in total. The van der Waals surface area contributed by atoms with Crippen molar-refractivity contribution < 1.29 is 9.53 Å². The van der Waals surface area contributed by atoms with Crippen LogP contribution in [0.4, 0.5) is 10.5 Å². The maximum absolute atomic E-state index is 12.0. The zero-order chi connectivity index (χ0) is 15.5. The van der Waals surface area contributed by atoms with E-state index in [0.717, 1.165) is 24.3 Å². The van der Waals surface area contributed by atoms with Gasteiger partial charge in [0.25, 0.3) is 0 Å². The van der Waals surface area contributed by atoms with Crippen LogP contribution < -0.4 is 10.6 Å². The van der Waals surface area contributed by atoms with Gasteiger partial charge < -0.3 is 20.3 Å². The molecule has 2 N–H and O–H groups in total. The minimum Gasteiger partial charge on any atom is -0.444 e. The van der Waals surface area contributed by atoms with E-state index in [4.69, 9.17) is 4.74 Å². The summed E-state index contributed by atoms with van der Waals surface area (Å²) in [4.78, 5) is 13.6. The lowest BCUT2D eigenvalue weighted by Crippen LogP contribution is -2.51. The fourth-order valence-corrected chi connectivity index (χ4v) is 2.07. The number of carbonyl (C=O) groups excluding carboxylic acids is 1. The van der Waals surface area contributed by atoms with E-state index in [-0.39, 0.29) is 6.09 Å². The Morgan fingerprint density at radius 1 is 1.38 bits per heavy atom. The summed E-state index contributed by atoms with van der Waals surface area (Å²) in [6.07, 6.45) is -0.303. The van der Waals surface area contributed by atoms with Gasteiger partial charge in [-0.25, -0.2) is 4.79 Å². The number of rotatable bonds is 4. The van der Waals surface area contributed by atoms with Crippen LogP contribution >= 0.6 is 0 Å². The molecule has 0 bridgehead atoms. The lowest BCUT2D eigenvalue weighted by Gasteiger charge is -2.30. The second-order valence-electron chi connectivity index (χ2n) is 6.49. The Hall–Kier alpha value is -1.75. The summed E-state index contributed by atoms with van der Waals surface area (Å²) in [5, 5.41) is 6.74. The third-order valence-corrected chi connectivity index (χ3v) is 3.27. The van der Waals surface area contributed by atoms with E-state index in [1.807, 2.05) is 39.0 Å². The molecule has 2 rings (SSSR count). The average Bonchev–Trinajstić information content (AvgIpc) is 2.33. The van der Waals surface area contributed by atoms with Crippen molar-refractivity contribution in [2.75, 3.05) is 25.5 Å². The first-order valence-electron chi connectivity index (χ1n) is 7.34. The Morgan fingerprint density at radius 2 is 2.05 bits per heavy atom. The van der Waals surface area contributed by atoms with Crippen LogP contribution in [-0.4, -0.2) is 42.8 Å². The van der Waals surface area contributed by atoms with E-state index in [1.54, 1.807) is 11.9 Å². The molecule has 0 radical (unpaired) electrons. The molecule has 1 aliphatic rings. The molecule has 116 valence electrons. The Balaban J connectivity index is 1.99. The molecule has 1 aromatic rings. The number of hydrogen-bond acceptors (Lipinski definition) is 4. The molecule has 1 amide bonds. The Bertz CT molecular complexity index is 493. The molecule has 0 unspecified atom stereocenters. The highest BCUT2D eigenvalue weighted by molar-refractivity contribution is 5.68. The zero-order valence-corrected chi connectivity index (χ0v) is 13.3. The van der Waals surface area contributed by atoms with Gasteiger partial charge in [-0.2, -0.15) is 0 Å². The van der Waals surface area contributed by atoms with Crippen molar-refractivity contribution in [1.29, 1.82) is 0 Å². The van der Waals surface area contributed by atoms with Gasteiger partial charge in [-0.05, 0) is 32.4 Å². The number of para-hydroxylation sites is 1. The van der Waals surface area contributed by atoms with Crippen LogP contribution in [0.1, 0.15) is 26.3 Å². The Labute approximate surface area is 126 Å². The highest BCUT2D eigenvalue weighted by Gasteiger charge is 2.21. The number of carbonyl (C=O) groups is 1. The second-order valence-corrected chi connectivity index (χ2v) is 6.49. The maximum Gasteiger partial charge on any atom is 0.410 e. The number of benzene rings is 1. The number of nitrogens with zero attached hydrogens (tertiary/aromatic N) is 1. The van der Waals surface area contributed by atoms with Gasteiger partial charge >= 0.3 is 6.09 Å². The quantitative estimate of drug-likeness (QED) is 0.894. The highest BCUT2D eigenvalue weighted by Crippen LogP contribution is 2.19. The van der Waals surface area contributed by atoms with E-state index in [1.165, 1.54) is 0 Å². The maximum atomic E-state index is 12.0. The first-order chi connectivity index (χ1) is 9.85. The standard InChI is InChI=1S/C16H25N3O2/c1-16(2,3)21-15(20)19(4)11-12-7-5-6-8-14(12)18-13-9-17-10-13/h5-8,13,17-18H,9-11H2,1-4H3. The third kappa shape index (κ3) is 4.63. The van der Waals surface area contributed by atoms with Crippen molar-refractivity contribution >= 4 is 11.8 Å². The molecule has 1 fully saturated rings. The summed E-state index contributed by atoms with van der Waals surface area (Å²) in [5.74, 6) is 0. The fourth-order valence-electron chi connectivity index (χ4n) is 2.07. The van der Waals surface area contributed by atoms with E-state index in [9.17, 15) is 4.79 Å². The summed E-state index contributed by atoms with van der Waals surface area (Å²) in [6.45, 7) is 8.11. The van der Waals surface area contributed by atoms with Crippen LogP contribution in [0.5, 0.6) is 0 Å². The average molecular weight is 291 g/mol. The van der Waals surface area contributed by atoms with Crippen LogP contribution in [0.25, 0.3) is 0 Å². The molecule has 0 saturated carbocycles. The first kappa shape index (κ1) is 15.6. The van der Waals surface area contributed by atoms with Gasteiger partial charge in [-0.1, -0.05) is 18.2 Å². The molecule has 0 atom stereocenters. The van der Waals surface area contributed by atoms with E-state index in [2.05, 4.69) is 16.7 Å². The molecule has 21 heavy (non-hydrogen) atoms. The van der Waals surface area contributed by atoms with Crippen molar-refractivity contribution in [2.24, 2.45) is 0 Å². The lowest BCUT2D eigenvalue weighted by atomic mass is 10.1. The number of amides is 1. The predicted molar refractivity (Wildman–Crippen MR) is 84.4 cm³/mol. The number of anilines is 1. The molecule has 1 heterocycles. The molecular weight excluding hydrogens is 266 g/mol. The summed E-state index contributed by atoms with van der Waals surface area (Å²) in [7, 11) is 1.76. The monoisotopic (exact) mass is 291 g/mol. The second kappa shape index (κ2) is 6.35. The summed E-state index contributed by atoms with van der Waals surface area (Å²) in [6, 6.07) is 8.55. The first-order valence-corrected chi connectivity index (χ1v) is 7.34. The van der Waals surface area contributed by atoms with Gasteiger partial charge in [-0.15, -0.1) is 0 Å². The molecular formula is C16H25N3O2. The van der Waals surface area contributed by atoms with Crippen molar-refractivity contribution in [1.82, 2.24) is 10.2 Å². The van der Waals surface area contributed by atoms with Gasteiger partial charge in [0, 0.05) is 25.8 Å². The van der Waals surface area contributed by atoms with Crippen molar-refractivity contribution in [3.8, 4) is 0 Å². The molecule has 1 aliphatic heterocycles. The predicted octanol–water partition coefficient (Wildman–Crippen LogP) is 2.44. The highest BCUT2D eigenvalue weighted by atomic mass is 16.6. The summed E-state index contributed by atoms with van der Waals surface area (Å²) >= 11 is 0. The number of hydrogen-bond donors (Lipinski definition) is 2. The van der Waals surface area contributed by atoms with E-state index >= 15 is 0 Å². The van der Waals surface area contributed by atoms with Gasteiger partial charge in [0.2, 0.25) is 0 Å². The fraction of sp³-hybridized carbons (Fsp3) is 0.562. The number of nitrogens with one attached hydrogen (secondary N) is 2. The zero-order valence-electron chi connectivity index (χ0n) is 13.3. The summed E-state index contributed by atoms with van der Waals surface area (Å²) < 4.78 is 5.38. The van der Waals surface area contributed by atoms with Crippen LogP contribution in [0.2, 0.25) is 0 Å². The largest absolute Gasteiger partial charge is 0.444 e. The molecule has 1 saturated heterocycles. The topological polar surface area (TPSA) is 53.6 Å². The molecule has 5 heteroatoms. The normalized spacial score (nSPS) is 15.2. The molecule has 0 aromatic heterocycles. The number of ether oxygens (including phenoxy) is 1. The minimum absolute atomic E-state index is 0.303. The Morgan fingerprint density at radius 3 is 2.62 bits per heavy atom. The summed E-state index contributed by atoms with van der Waals surface area (Å²) in [5.41, 5.74) is 1.71. The van der Waals surface area contributed by atoms with Gasteiger partial charge in [0.1, 0.15) is 5.60 Å². The van der Waals surface area contributed by atoms with Crippen LogP contribution in [0.15, 0.2) is 24.3 Å². The Kier molecular flexibility index (Phi) is 4.73. The van der Waals surface area contributed by atoms with E-state index < -0.39 is 5.60 Å². The van der Waals surface area contributed by atoms with Gasteiger partial charge in [-0.3, -0.25) is 0 Å². The molecule has 0 spiro atoms. The van der Waals surface area contributed by atoms with Crippen molar-refractivity contribution in [3.63, 3.8) is 0 Å². The van der Waals surface area contributed by atoms with Gasteiger partial charge in [0.05, 0.1) is 12.6 Å². The van der Waals surface area contributed by atoms with Crippen LogP contribution in [-0.2, 0) is 11.3 Å². The van der Waals surface area contributed by atoms with Crippen LogP contribution in [0, 0.1) is 0 Å².